The van der Waals surface area contributed by atoms with Gasteiger partial charge in [-0.15, -0.1) is 0 Å². The molecule has 0 aliphatic rings. The van der Waals surface area contributed by atoms with Gasteiger partial charge in [-0.05, 0) is 13.8 Å². The number of carbonyl (C=O) groups excluding carboxylic acids is 1. The number of rotatable bonds is 6. The van der Waals surface area contributed by atoms with E-state index in [1.54, 1.807) is 7.05 Å². The van der Waals surface area contributed by atoms with Crippen LogP contribution in [0, 0.1) is 0 Å². The fourth-order valence-corrected chi connectivity index (χ4v) is 0.692. The predicted octanol–water partition coefficient (Wildman–Crippen LogP) is 0.507. The molecule has 1 N–H and O–H groups in total. The highest BCUT2D eigenvalue weighted by molar-refractivity contribution is 5.81. The van der Waals surface area contributed by atoms with Crippen molar-refractivity contribution in [1.82, 2.24) is 5.48 Å². The smallest absolute Gasteiger partial charge is 0.320 e. The summed E-state index contributed by atoms with van der Waals surface area (Å²) in [6.45, 7) is 4.78. The summed E-state index contributed by atoms with van der Waals surface area (Å²) in [5.41, 5.74) is 2.39. The van der Waals surface area contributed by atoms with Gasteiger partial charge in [0.25, 0.3) is 0 Å². The standard InChI is InChI=1S/C8H16N2O3/c1-7(2)12-5-4-8(9-3)10-13-6-11/h6-7H,4-5H2,1-3H3,(H,9,10). The number of amidine groups is 1. The minimum atomic E-state index is 0.199. The highest BCUT2D eigenvalue weighted by Crippen LogP contribution is 1.91. The number of ether oxygens (including phenoxy) is 1. The number of aliphatic imine (C=N–C) groups is 1. The van der Waals surface area contributed by atoms with E-state index in [4.69, 9.17) is 4.74 Å². The molecule has 0 aromatic rings. The average Bonchev–Trinajstić information content (AvgIpc) is 2.10. The Kier molecular flexibility index (Phi) is 6.91. The molecule has 76 valence electrons. The third-order valence-electron chi connectivity index (χ3n) is 1.28. The molecule has 0 aromatic heterocycles. The maximum absolute atomic E-state index is 9.84. The first-order valence-electron chi connectivity index (χ1n) is 4.13. The van der Waals surface area contributed by atoms with Crippen LogP contribution in [0.5, 0.6) is 0 Å². The maximum atomic E-state index is 9.84. The van der Waals surface area contributed by atoms with Gasteiger partial charge in [0, 0.05) is 13.5 Å². The van der Waals surface area contributed by atoms with E-state index in [0.29, 0.717) is 25.3 Å². The Labute approximate surface area is 78.1 Å². The maximum Gasteiger partial charge on any atom is 0.320 e. The molecular weight excluding hydrogens is 172 g/mol. The zero-order valence-electron chi connectivity index (χ0n) is 8.24. The Hall–Kier alpha value is -1.10. The first-order valence-corrected chi connectivity index (χ1v) is 4.13. The molecule has 0 radical (unpaired) electrons. The summed E-state index contributed by atoms with van der Waals surface area (Å²) < 4.78 is 5.29. The fourth-order valence-electron chi connectivity index (χ4n) is 0.692. The van der Waals surface area contributed by atoms with Crippen molar-refractivity contribution in [3.63, 3.8) is 0 Å². The quantitative estimate of drug-likeness (QED) is 0.285. The third-order valence-corrected chi connectivity index (χ3v) is 1.28. The van der Waals surface area contributed by atoms with Crippen LogP contribution in [-0.4, -0.2) is 32.1 Å². The van der Waals surface area contributed by atoms with Gasteiger partial charge in [0.1, 0.15) is 5.84 Å². The van der Waals surface area contributed by atoms with Crippen LogP contribution in [0.25, 0.3) is 0 Å². The van der Waals surface area contributed by atoms with Crippen molar-refractivity contribution in [3.05, 3.63) is 0 Å². The summed E-state index contributed by atoms with van der Waals surface area (Å²) in [6, 6.07) is 0. The Balaban J connectivity index is 3.55. The second-order valence-corrected chi connectivity index (χ2v) is 2.66. The van der Waals surface area contributed by atoms with Crippen molar-refractivity contribution in [2.75, 3.05) is 13.7 Å². The van der Waals surface area contributed by atoms with Gasteiger partial charge in [-0.2, -0.15) is 0 Å². The fraction of sp³-hybridized carbons (Fsp3) is 0.750. The molecule has 5 nitrogen and oxygen atoms in total. The summed E-state index contributed by atoms with van der Waals surface area (Å²) in [7, 11) is 1.62. The highest BCUT2D eigenvalue weighted by atomic mass is 16.7. The molecule has 0 saturated heterocycles. The number of nitrogens with one attached hydrogen (secondary N) is 1. The molecule has 0 bridgehead atoms. The average molecular weight is 188 g/mol. The van der Waals surface area contributed by atoms with Gasteiger partial charge in [-0.25, -0.2) is 5.48 Å². The van der Waals surface area contributed by atoms with E-state index in [1.165, 1.54) is 0 Å². The van der Waals surface area contributed by atoms with E-state index >= 15 is 0 Å². The second-order valence-electron chi connectivity index (χ2n) is 2.66. The molecule has 0 aliphatic carbocycles. The van der Waals surface area contributed by atoms with Gasteiger partial charge in [-0.3, -0.25) is 9.79 Å². The van der Waals surface area contributed by atoms with Gasteiger partial charge >= 0.3 is 6.47 Å². The van der Waals surface area contributed by atoms with E-state index in [2.05, 4.69) is 15.3 Å². The first-order chi connectivity index (χ1) is 6.20. The molecule has 0 aliphatic heterocycles. The second kappa shape index (κ2) is 7.54. The van der Waals surface area contributed by atoms with Crippen LogP contribution >= 0.6 is 0 Å². The lowest BCUT2D eigenvalue weighted by Crippen LogP contribution is -2.25. The summed E-state index contributed by atoms with van der Waals surface area (Å²) in [5.74, 6) is 0.591. The number of hydrogen-bond donors (Lipinski definition) is 1. The minimum absolute atomic E-state index is 0.199. The van der Waals surface area contributed by atoms with Crippen LogP contribution in [-0.2, 0) is 14.4 Å². The van der Waals surface area contributed by atoms with Crippen LogP contribution in [0.4, 0.5) is 0 Å². The zero-order chi connectivity index (χ0) is 10.1. The van der Waals surface area contributed by atoms with Crippen molar-refractivity contribution < 1.29 is 14.4 Å². The number of hydroxylamine groups is 1. The molecular formula is C8H16N2O3. The van der Waals surface area contributed by atoms with Crippen LogP contribution < -0.4 is 5.48 Å². The minimum Gasteiger partial charge on any atom is -0.378 e. The molecule has 0 rings (SSSR count). The first kappa shape index (κ1) is 11.9. The van der Waals surface area contributed by atoms with Crippen LogP contribution in [0.3, 0.4) is 0 Å². The van der Waals surface area contributed by atoms with E-state index in [1.807, 2.05) is 13.8 Å². The van der Waals surface area contributed by atoms with Crippen molar-refractivity contribution >= 4 is 12.3 Å². The molecule has 0 saturated carbocycles. The Morgan fingerprint density at radius 2 is 2.31 bits per heavy atom. The van der Waals surface area contributed by atoms with E-state index in [9.17, 15) is 4.79 Å². The van der Waals surface area contributed by atoms with Gasteiger partial charge in [0.2, 0.25) is 0 Å². The van der Waals surface area contributed by atoms with Gasteiger partial charge in [-0.1, -0.05) is 0 Å². The Morgan fingerprint density at radius 1 is 1.62 bits per heavy atom. The molecule has 0 atom stereocenters. The van der Waals surface area contributed by atoms with Crippen molar-refractivity contribution in [3.8, 4) is 0 Å². The molecule has 0 aromatic carbocycles. The summed E-state index contributed by atoms with van der Waals surface area (Å²) in [6.07, 6.45) is 0.799. The van der Waals surface area contributed by atoms with Crippen molar-refractivity contribution in [2.45, 2.75) is 26.4 Å². The lowest BCUT2D eigenvalue weighted by atomic mass is 10.4. The number of nitrogens with zero attached hydrogens (tertiary/aromatic N) is 1. The zero-order valence-corrected chi connectivity index (χ0v) is 8.24. The number of carbonyl (C=O) groups is 1. The van der Waals surface area contributed by atoms with Crippen molar-refractivity contribution in [2.24, 2.45) is 4.99 Å². The van der Waals surface area contributed by atoms with Crippen LogP contribution in [0.2, 0.25) is 0 Å². The van der Waals surface area contributed by atoms with E-state index in [0.717, 1.165) is 0 Å². The molecule has 13 heavy (non-hydrogen) atoms. The molecule has 0 unspecified atom stereocenters. The normalized spacial score (nSPS) is 11.5. The Morgan fingerprint density at radius 3 is 2.77 bits per heavy atom. The van der Waals surface area contributed by atoms with Gasteiger partial charge in [0.15, 0.2) is 0 Å². The topological polar surface area (TPSA) is 59.9 Å². The lowest BCUT2D eigenvalue weighted by Gasteiger charge is -2.08. The molecule has 5 heteroatoms. The SMILES string of the molecule is CN=C(CCOC(C)C)NOC=O. The third kappa shape index (κ3) is 7.27. The lowest BCUT2D eigenvalue weighted by molar-refractivity contribution is -0.132. The molecule has 0 heterocycles. The molecule has 0 spiro atoms. The predicted molar refractivity (Wildman–Crippen MR) is 49.3 cm³/mol. The summed E-state index contributed by atoms with van der Waals surface area (Å²) >= 11 is 0. The molecule has 0 amide bonds. The molecule has 0 fully saturated rings. The summed E-state index contributed by atoms with van der Waals surface area (Å²) in [5, 5.41) is 0. The van der Waals surface area contributed by atoms with Crippen LogP contribution in [0.1, 0.15) is 20.3 Å². The Bertz CT molecular complexity index is 169. The monoisotopic (exact) mass is 188 g/mol. The van der Waals surface area contributed by atoms with Gasteiger partial charge in [0.05, 0.1) is 12.7 Å². The summed E-state index contributed by atoms with van der Waals surface area (Å²) in [4.78, 5) is 18.0. The number of hydrogen-bond acceptors (Lipinski definition) is 4. The van der Waals surface area contributed by atoms with E-state index < -0.39 is 0 Å². The largest absolute Gasteiger partial charge is 0.378 e. The van der Waals surface area contributed by atoms with Crippen LogP contribution in [0.15, 0.2) is 4.99 Å². The highest BCUT2D eigenvalue weighted by Gasteiger charge is 1.99. The van der Waals surface area contributed by atoms with E-state index in [-0.39, 0.29) is 6.10 Å². The van der Waals surface area contributed by atoms with Crippen molar-refractivity contribution in [1.29, 1.82) is 0 Å². The van der Waals surface area contributed by atoms with Gasteiger partial charge < -0.3 is 9.57 Å².